The number of carbonyl (C=O) groups is 4. The first-order valence-corrected chi connectivity index (χ1v) is 18.1. The third-order valence-electron chi connectivity index (χ3n) is 9.45. The zero-order chi connectivity index (χ0) is 38.7. The van der Waals surface area contributed by atoms with Gasteiger partial charge in [-0.15, -0.1) is 0 Å². The Kier molecular flexibility index (Phi) is 15.2. The van der Waals surface area contributed by atoms with E-state index >= 15 is 0 Å². The molecular formula is C43H64O8. The van der Waals surface area contributed by atoms with Crippen LogP contribution in [0.25, 0.3) is 0 Å². The first-order chi connectivity index (χ1) is 23.4. The fraction of sp³-hybridized carbons (Fsp3) is 0.628. The minimum atomic E-state index is -0.901. The molecule has 0 atom stereocenters. The number of ketones is 1. The standard InChI is InChI=1S/C43H64O8/c1-38(2,27-34(44)39(3,4)30-40(5,6)36(46)49-28-32-19-15-13-16-20-32)23-26-51-43(11,12)24-25-48-35(45)41(7,8)31-42(9,10)37(47)50-29-33-21-17-14-18-22-33/h13-22H,23-31H2,1-12H3. The summed E-state index contributed by atoms with van der Waals surface area (Å²) in [6.45, 7) is 23.6. The van der Waals surface area contributed by atoms with Crippen LogP contribution in [0.1, 0.15) is 126 Å². The summed E-state index contributed by atoms with van der Waals surface area (Å²) in [7, 11) is 0. The number of hydrogen-bond acceptors (Lipinski definition) is 8. The Bertz CT molecular complexity index is 1430. The van der Waals surface area contributed by atoms with Crippen LogP contribution in [0.3, 0.4) is 0 Å². The lowest BCUT2D eigenvalue weighted by Crippen LogP contribution is -2.38. The second-order valence-electron chi connectivity index (χ2n) is 18.0. The van der Waals surface area contributed by atoms with Gasteiger partial charge in [0.05, 0.1) is 28.5 Å². The topological polar surface area (TPSA) is 105 Å². The Hall–Kier alpha value is -3.52. The second kappa shape index (κ2) is 17.8. The van der Waals surface area contributed by atoms with Crippen LogP contribution in [0.4, 0.5) is 0 Å². The number of Topliss-reactive ketones (excluding diaryl/α,β-unsaturated/α-hetero) is 1. The summed E-state index contributed by atoms with van der Waals surface area (Å²) in [5, 5.41) is 0. The van der Waals surface area contributed by atoms with E-state index in [1.165, 1.54) is 0 Å². The Morgan fingerprint density at radius 1 is 0.490 bits per heavy atom. The molecular weight excluding hydrogens is 644 g/mol. The van der Waals surface area contributed by atoms with Crippen molar-refractivity contribution in [1.82, 2.24) is 0 Å². The zero-order valence-electron chi connectivity index (χ0n) is 33.4. The maximum atomic E-state index is 13.6. The summed E-state index contributed by atoms with van der Waals surface area (Å²) in [6, 6.07) is 19.0. The zero-order valence-corrected chi connectivity index (χ0v) is 33.4. The van der Waals surface area contributed by atoms with E-state index in [4.69, 9.17) is 18.9 Å². The van der Waals surface area contributed by atoms with Crippen molar-refractivity contribution in [2.24, 2.45) is 27.1 Å². The fourth-order valence-electron chi connectivity index (χ4n) is 6.38. The van der Waals surface area contributed by atoms with Crippen molar-refractivity contribution in [3.63, 3.8) is 0 Å². The van der Waals surface area contributed by atoms with E-state index in [2.05, 4.69) is 13.8 Å². The number of carbonyl (C=O) groups excluding carboxylic acids is 4. The van der Waals surface area contributed by atoms with Gasteiger partial charge in [-0.3, -0.25) is 19.2 Å². The molecule has 0 N–H and O–H groups in total. The van der Waals surface area contributed by atoms with Gasteiger partial charge in [-0.05, 0) is 91.2 Å². The molecule has 0 saturated heterocycles. The smallest absolute Gasteiger partial charge is 0.311 e. The number of rotatable bonds is 21. The summed E-state index contributed by atoms with van der Waals surface area (Å²) in [5.41, 5.74) is -2.39. The molecule has 0 saturated carbocycles. The highest BCUT2D eigenvalue weighted by molar-refractivity contribution is 5.86. The summed E-state index contributed by atoms with van der Waals surface area (Å²) < 4.78 is 23.1. The number of benzene rings is 2. The highest BCUT2D eigenvalue weighted by atomic mass is 16.5. The van der Waals surface area contributed by atoms with Crippen LogP contribution in [0, 0.1) is 27.1 Å². The molecule has 0 unspecified atom stereocenters. The van der Waals surface area contributed by atoms with E-state index in [0.29, 0.717) is 32.3 Å². The van der Waals surface area contributed by atoms with Gasteiger partial charge in [0.25, 0.3) is 0 Å². The number of esters is 3. The average molecular weight is 709 g/mol. The van der Waals surface area contributed by atoms with Crippen LogP contribution in [-0.2, 0) is 51.3 Å². The highest BCUT2D eigenvalue weighted by Gasteiger charge is 2.42. The van der Waals surface area contributed by atoms with Gasteiger partial charge in [0.15, 0.2) is 0 Å². The fourth-order valence-corrected chi connectivity index (χ4v) is 6.38. The molecule has 8 heteroatoms. The van der Waals surface area contributed by atoms with Gasteiger partial charge in [-0.2, -0.15) is 0 Å². The molecule has 0 aliphatic rings. The molecule has 0 fully saturated rings. The number of hydrogen-bond donors (Lipinski definition) is 0. The third kappa shape index (κ3) is 14.9. The normalized spacial score (nSPS) is 13.0. The van der Waals surface area contributed by atoms with E-state index in [0.717, 1.165) is 11.1 Å². The lowest BCUT2D eigenvalue weighted by atomic mass is 9.69. The second-order valence-corrected chi connectivity index (χ2v) is 18.0. The van der Waals surface area contributed by atoms with Crippen molar-refractivity contribution in [3.05, 3.63) is 71.8 Å². The van der Waals surface area contributed by atoms with Gasteiger partial charge in [0.1, 0.15) is 19.0 Å². The van der Waals surface area contributed by atoms with E-state index in [1.807, 2.05) is 102 Å². The molecule has 0 heterocycles. The van der Waals surface area contributed by atoms with E-state index < -0.39 is 27.3 Å². The minimum Gasteiger partial charge on any atom is -0.465 e. The van der Waals surface area contributed by atoms with Crippen molar-refractivity contribution in [2.75, 3.05) is 13.2 Å². The Balaban J connectivity index is 1.79. The first-order valence-electron chi connectivity index (χ1n) is 18.1. The summed E-state index contributed by atoms with van der Waals surface area (Å²) in [6.07, 6.45) is 2.13. The third-order valence-corrected chi connectivity index (χ3v) is 9.45. The van der Waals surface area contributed by atoms with Crippen LogP contribution in [0.2, 0.25) is 0 Å². The lowest BCUT2D eigenvalue weighted by Gasteiger charge is -2.35. The monoisotopic (exact) mass is 708 g/mol. The highest BCUT2D eigenvalue weighted by Crippen LogP contribution is 2.40. The molecule has 284 valence electrons. The molecule has 0 spiro atoms. The number of ether oxygens (including phenoxy) is 4. The van der Waals surface area contributed by atoms with Crippen LogP contribution < -0.4 is 0 Å². The van der Waals surface area contributed by atoms with Crippen molar-refractivity contribution in [3.8, 4) is 0 Å². The molecule has 0 amide bonds. The van der Waals surface area contributed by atoms with Crippen LogP contribution >= 0.6 is 0 Å². The molecule has 0 aliphatic heterocycles. The quantitative estimate of drug-likeness (QED) is 0.0933. The van der Waals surface area contributed by atoms with Gasteiger partial charge in [-0.25, -0.2) is 0 Å². The summed E-state index contributed by atoms with van der Waals surface area (Å²) in [4.78, 5) is 52.5. The molecule has 0 radical (unpaired) electrons. The maximum absolute atomic E-state index is 13.6. The molecule has 8 nitrogen and oxygen atoms in total. The average Bonchev–Trinajstić information content (AvgIpc) is 3.01. The minimum absolute atomic E-state index is 0.0952. The van der Waals surface area contributed by atoms with Gasteiger partial charge in [0, 0.05) is 24.9 Å². The van der Waals surface area contributed by atoms with Gasteiger partial charge >= 0.3 is 17.9 Å². The molecule has 51 heavy (non-hydrogen) atoms. The van der Waals surface area contributed by atoms with E-state index in [9.17, 15) is 19.2 Å². The largest absolute Gasteiger partial charge is 0.465 e. The molecule has 0 aromatic heterocycles. The Morgan fingerprint density at radius 2 is 0.882 bits per heavy atom. The van der Waals surface area contributed by atoms with E-state index in [-0.39, 0.29) is 55.3 Å². The SMILES string of the molecule is CC(C)(CCOC(C)(C)CCOC(=O)C(C)(C)CC(C)(C)C(=O)OCc1ccccc1)CC(=O)C(C)(C)CC(C)(C)C(=O)OCc1ccccc1. The Morgan fingerprint density at radius 3 is 1.31 bits per heavy atom. The van der Waals surface area contributed by atoms with Gasteiger partial charge in [0.2, 0.25) is 0 Å². The van der Waals surface area contributed by atoms with E-state index in [1.54, 1.807) is 27.7 Å². The van der Waals surface area contributed by atoms with Gasteiger partial charge in [-0.1, -0.05) is 88.4 Å². The Labute approximate surface area is 307 Å². The lowest BCUT2D eigenvalue weighted by molar-refractivity contribution is -0.163. The van der Waals surface area contributed by atoms with Crippen LogP contribution in [0.15, 0.2) is 60.7 Å². The van der Waals surface area contributed by atoms with Crippen molar-refractivity contribution in [2.45, 2.75) is 134 Å². The molecule has 0 aliphatic carbocycles. The maximum Gasteiger partial charge on any atom is 0.311 e. The molecule has 0 bridgehead atoms. The summed E-state index contributed by atoms with van der Waals surface area (Å²) >= 11 is 0. The molecule has 2 aromatic rings. The van der Waals surface area contributed by atoms with Crippen LogP contribution in [0.5, 0.6) is 0 Å². The predicted molar refractivity (Wildman–Crippen MR) is 200 cm³/mol. The van der Waals surface area contributed by atoms with Gasteiger partial charge < -0.3 is 18.9 Å². The van der Waals surface area contributed by atoms with Crippen LogP contribution in [-0.4, -0.2) is 42.5 Å². The first kappa shape index (κ1) is 43.6. The van der Waals surface area contributed by atoms with Crippen molar-refractivity contribution in [1.29, 1.82) is 0 Å². The molecule has 2 aromatic carbocycles. The summed E-state index contributed by atoms with van der Waals surface area (Å²) in [5.74, 6) is -0.965. The van der Waals surface area contributed by atoms with Crippen molar-refractivity contribution >= 4 is 23.7 Å². The molecule has 2 rings (SSSR count). The van der Waals surface area contributed by atoms with Crippen molar-refractivity contribution < 1.29 is 38.1 Å². The predicted octanol–water partition coefficient (Wildman–Crippen LogP) is 9.46.